The molecule has 2 N–H and O–H groups in total. The lowest BCUT2D eigenvalue weighted by atomic mass is 10.0. The summed E-state index contributed by atoms with van der Waals surface area (Å²) < 4.78 is 33.0. The van der Waals surface area contributed by atoms with Gasteiger partial charge in [0.05, 0.1) is 22.4 Å². The number of nitrogens with zero attached hydrogens (tertiary/aromatic N) is 1. The van der Waals surface area contributed by atoms with Crippen LogP contribution >= 0.6 is 0 Å². The molecule has 0 aliphatic carbocycles. The van der Waals surface area contributed by atoms with Crippen LogP contribution in [0.1, 0.15) is 128 Å². The summed E-state index contributed by atoms with van der Waals surface area (Å²) in [5, 5.41) is 3.59. The number of benzene rings is 2. The highest BCUT2D eigenvalue weighted by atomic mass is 32.2. The quantitative estimate of drug-likeness (QED) is 0.118. The summed E-state index contributed by atoms with van der Waals surface area (Å²) in [6.45, 7) is 2.98. The zero-order valence-corrected chi connectivity index (χ0v) is 25.1. The van der Waals surface area contributed by atoms with E-state index in [4.69, 9.17) is 0 Å². The molecule has 39 heavy (non-hydrogen) atoms. The van der Waals surface area contributed by atoms with Crippen molar-refractivity contribution in [1.29, 1.82) is 0 Å². The maximum atomic E-state index is 11.7. The van der Waals surface area contributed by atoms with Gasteiger partial charge in [0.2, 0.25) is 0 Å². The van der Waals surface area contributed by atoms with E-state index in [1.165, 1.54) is 114 Å². The van der Waals surface area contributed by atoms with Crippen molar-refractivity contribution in [3.63, 3.8) is 0 Å². The van der Waals surface area contributed by atoms with Gasteiger partial charge in [0.1, 0.15) is 0 Å². The number of nitrogens with one attached hydrogen (secondary N) is 1. The van der Waals surface area contributed by atoms with Crippen LogP contribution in [0, 0.1) is 0 Å². The van der Waals surface area contributed by atoms with Gasteiger partial charge in [-0.25, -0.2) is 0 Å². The summed E-state index contributed by atoms with van der Waals surface area (Å²) in [5.41, 5.74) is 2.94. The molecule has 0 bridgehead atoms. The third-order valence-electron chi connectivity index (χ3n) is 8.05. The molecule has 2 aromatic carbocycles. The predicted molar refractivity (Wildman–Crippen MR) is 165 cm³/mol. The molecule has 0 saturated carbocycles. The van der Waals surface area contributed by atoms with Crippen molar-refractivity contribution in [2.24, 2.45) is 0 Å². The van der Waals surface area contributed by atoms with Crippen LogP contribution in [0.3, 0.4) is 0 Å². The smallest absolute Gasteiger partial charge is 0.294 e. The van der Waals surface area contributed by atoms with E-state index in [-0.39, 0.29) is 11.1 Å². The van der Waals surface area contributed by atoms with Gasteiger partial charge in [0, 0.05) is 6.54 Å². The van der Waals surface area contributed by atoms with Gasteiger partial charge < -0.3 is 10.2 Å². The Balaban J connectivity index is 1.30. The Morgan fingerprint density at radius 2 is 1.23 bits per heavy atom. The third kappa shape index (κ3) is 11.5. The zero-order valence-electron chi connectivity index (χ0n) is 24.3. The van der Waals surface area contributed by atoms with Gasteiger partial charge in [-0.3, -0.25) is 4.55 Å². The molecule has 0 saturated heterocycles. The summed E-state index contributed by atoms with van der Waals surface area (Å²) in [6, 6.07) is 15.1. The molecule has 1 atom stereocenters. The van der Waals surface area contributed by atoms with Crippen molar-refractivity contribution in [3.05, 3.63) is 54.1 Å². The molecular weight excluding hydrogens is 504 g/mol. The zero-order chi connectivity index (χ0) is 27.8. The molecular formula is C33H52N2O3S. The van der Waals surface area contributed by atoms with Gasteiger partial charge >= 0.3 is 0 Å². The first-order valence-corrected chi connectivity index (χ1v) is 17.1. The number of rotatable bonds is 21. The summed E-state index contributed by atoms with van der Waals surface area (Å²) in [6.07, 6.45) is 24.3. The molecule has 218 valence electrons. The van der Waals surface area contributed by atoms with Gasteiger partial charge in [-0.15, -0.1) is 0 Å². The van der Waals surface area contributed by atoms with E-state index in [1.807, 2.05) is 18.2 Å². The molecule has 1 heterocycles. The first kappa shape index (κ1) is 31.5. The third-order valence-corrected chi connectivity index (χ3v) is 8.90. The molecule has 0 radical (unpaired) electrons. The highest BCUT2D eigenvalue weighted by Gasteiger charge is 2.29. The summed E-state index contributed by atoms with van der Waals surface area (Å²) in [5.74, 6) is 0. The fourth-order valence-corrected chi connectivity index (χ4v) is 6.22. The Hall–Kier alpha value is -2.05. The van der Waals surface area contributed by atoms with Crippen LogP contribution in [0.15, 0.2) is 53.4 Å². The molecule has 3 rings (SSSR count). The lowest BCUT2D eigenvalue weighted by Crippen LogP contribution is -2.35. The Morgan fingerprint density at radius 1 is 0.718 bits per heavy atom. The molecule has 1 aliphatic rings. The number of hydrogen-bond donors (Lipinski definition) is 2. The monoisotopic (exact) mass is 556 g/mol. The maximum absolute atomic E-state index is 11.7. The van der Waals surface area contributed by atoms with Crippen molar-refractivity contribution in [2.45, 2.75) is 140 Å². The van der Waals surface area contributed by atoms with Crippen LogP contribution in [-0.4, -0.2) is 19.1 Å². The van der Waals surface area contributed by atoms with Crippen molar-refractivity contribution < 1.29 is 13.0 Å². The van der Waals surface area contributed by atoms with Crippen molar-refractivity contribution in [2.75, 3.05) is 10.2 Å². The molecule has 5 nitrogen and oxygen atoms in total. The second-order valence-electron chi connectivity index (χ2n) is 11.4. The Bertz CT molecular complexity index is 1040. The number of unbranched alkanes of at least 4 members (excludes halogenated alkanes) is 16. The molecule has 6 heteroatoms. The second kappa shape index (κ2) is 17.6. The molecule has 2 aromatic rings. The normalized spacial score (nSPS) is 14.9. The van der Waals surface area contributed by atoms with E-state index in [1.54, 1.807) is 12.1 Å². The molecule has 1 aliphatic heterocycles. The minimum atomic E-state index is -4.24. The molecule has 0 fully saturated rings. The standard InChI is InChI=1S/C33H52N2O3S/c1-2-3-4-5-6-7-8-9-10-11-12-13-14-15-16-17-21-24-33-34-31-26-25-30(39(36,37)38)27-32(31)35(33)28-29-22-19-18-20-23-29/h18-20,22-23,25-27,33-34H,2-17,21,24,28H2,1H3,(H,36,37,38). The minimum absolute atomic E-state index is 0.0560. The van der Waals surface area contributed by atoms with Gasteiger partial charge in [-0.05, 0) is 36.6 Å². The van der Waals surface area contributed by atoms with Crippen molar-refractivity contribution in [3.8, 4) is 0 Å². The van der Waals surface area contributed by atoms with E-state index >= 15 is 0 Å². The van der Waals surface area contributed by atoms with Crippen LogP contribution in [-0.2, 0) is 16.7 Å². The summed E-state index contributed by atoms with van der Waals surface area (Å²) in [7, 11) is -4.24. The number of hydrogen-bond acceptors (Lipinski definition) is 4. The maximum Gasteiger partial charge on any atom is 0.294 e. The predicted octanol–water partition coefficient (Wildman–Crippen LogP) is 9.73. The molecule has 0 aromatic heterocycles. The number of anilines is 2. The first-order chi connectivity index (χ1) is 19.0. The van der Waals surface area contributed by atoms with Crippen molar-refractivity contribution >= 4 is 21.5 Å². The highest BCUT2D eigenvalue weighted by molar-refractivity contribution is 7.85. The van der Waals surface area contributed by atoms with Gasteiger partial charge in [0.15, 0.2) is 0 Å². The Morgan fingerprint density at radius 3 is 1.74 bits per heavy atom. The van der Waals surface area contributed by atoms with Gasteiger partial charge in [-0.2, -0.15) is 8.42 Å². The SMILES string of the molecule is CCCCCCCCCCCCCCCCCCCC1Nc2ccc(S(=O)(=O)O)cc2N1Cc1ccccc1. The molecule has 1 unspecified atom stereocenters. The minimum Gasteiger partial charge on any atom is -0.363 e. The fraction of sp³-hybridized carbons (Fsp3) is 0.636. The van der Waals surface area contributed by atoms with Crippen LogP contribution in [0.2, 0.25) is 0 Å². The van der Waals surface area contributed by atoms with Crippen LogP contribution in [0.25, 0.3) is 0 Å². The van der Waals surface area contributed by atoms with E-state index in [2.05, 4.69) is 29.3 Å². The van der Waals surface area contributed by atoms with Gasteiger partial charge in [-0.1, -0.05) is 140 Å². The lowest BCUT2D eigenvalue weighted by molar-refractivity contribution is 0.483. The van der Waals surface area contributed by atoms with E-state index in [0.29, 0.717) is 6.54 Å². The highest BCUT2D eigenvalue weighted by Crippen LogP contribution is 2.39. The average molecular weight is 557 g/mol. The summed E-state index contributed by atoms with van der Waals surface area (Å²) in [4.78, 5) is 2.19. The summed E-state index contributed by atoms with van der Waals surface area (Å²) >= 11 is 0. The Kier molecular flexibility index (Phi) is 14.2. The molecule has 0 spiro atoms. The lowest BCUT2D eigenvalue weighted by Gasteiger charge is -2.27. The van der Waals surface area contributed by atoms with Crippen molar-refractivity contribution in [1.82, 2.24) is 0 Å². The van der Waals surface area contributed by atoms with Crippen LogP contribution in [0.5, 0.6) is 0 Å². The van der Waals surface area contributed by atoms with Crippen LogP contribution in [0.4, 0.5) is 11.4 Å². The molecule has 0 amide bonds. The average Bonchev–Trinajstić information content (AvgIpc) is 3.26. The Labute approximate surface area is 238 Å². The fourth-order valence-electron chi connectivity index (χ4n) is 5.72. The van der Waals surface area contributed by atoms with E-state index in [9.17, 15) is 13.0 Å². The van der Waals surface area contributed by atoms with E-state index < -0.39 is 10.1 Å². The van der Waals surface area contributed by atoms with Crippen LogP contribution < -0.4 is 10.2 Å². The largest absolute Gasteiger partial charge is 0.363 e. The van der Waals surface area contributed by atoms with Gasteiger partial charge in [0.25, 0.3) is 10.1 Å². The first-order valence-electron chi connectivity index (χ1n) is 15.7. The van der Waals surface area contributed by atoms with E-state index in [0.717, 1.165) is 24.2 Å². The number of fused-ring (bicyclic) bond motifs is 1. The topological polar surface area (TPSA) is 69.6 Å². The second-order valence-corrected chi connectivity index (χ2v) is 12.8.